The van der Waals surface area contributed by atoms with E-state index in [1.165, 1.54) is 10.9 Å². The molecule has 0 saturated carbocycles. The maximum Gasteiger partial charge on any atom is 0.142 e. The molecule has 0 bridgehead atoms. The SMILES string of the molecule is COc1cccc(F)c1C1CC(C)CN1Cc1ccnc(-c2ncc(C)s2)c1. The number of hydrogen-bond acceptors (Lipinski definition) is 5. The zero-order valence-corrected chi connectivity index (χ0v) is 17.2. The summed E-state index contributed by atoms with van der Waals surface area (Å²) in [6.07, 6.45) is 4.62. The summed E-state index contributed by atoms with van der Waals surface area (Å²) < 4.78 is 20.2. The van der Waals surface area contributed by atoms with Gasteiger partial charge in [-0.1, -0.05) is 13.0 Å². The van der Waals surface area contributed by atoms with E-state index in [1.807, 2.05) is 31.5 Å². The van der Waals surface area contributed by atoms with E-state index >= 15 is 0 Å². The molecule has 1 saturated heterocycles. The van der Waals surface area contributed by atoms with Crippen molar-refractivity contribution in [3.05, 3.63) is 64.5 Å². The van der Waals surface area contributed by atoms with Crippen LogP contribution in [0.3, 0.4) is 0 Å². The molecular formula is C22H24FN3OS. The molecule has 1 aliphatic heterocycles. The van der Waals surface area contributed by atoms with Gasteiger partial charge in [0.15, 0.2) is 0 Å². The number of pyridine rings is 1. The summed E-state index contributed by atoms with van der Waals surface area (Å²) in [6, 6.07) is 9.19. The number of ether oxygens (including phenoxy) is 1. The molecule has 1 aromatic carbocycles. The molecule has 1 aliphatic rings. The third-order valence-corrected chi connectivity index (χ3v) is 6.16. The van der Waals surface area contributed by atoms with Gasteiger partial charge in [0.25, 0.3) is 0 Å². The van der Waals surface area contributed by atoms with Crippen molar-refractivity contribution >= 4 is 11.3 Å². The van der Waals surface area contributed by atoms with Gasteiger partial charge < -0.3 is 4.74 Å². The summed E-state index contributed by atoms with van der Waals surface area (Å²) in [5.74, 6) is 0.923. The molecule has 0 spiro atoms. The summed E-state index contributed by atoms with van der Waals surface area (Å²) in [7, 11) is 1.60. The van der Waals surface area contributed by atoms with E-state index in [1.54, 1.807) is 24.5 Å². The number of thiazole rings is 1. The Morgan fingerprint density at radius 2 is 2.14 bits per heavy atom. The van der Waals surface area contributed by atoms with Gasteiger partial charge in [-0.15, -0.1) is 11.3 Å². The Labute approximate surface area is 169 Å². The van der Waals surface area contributed by atoms with Crippen molar-refractivity contribution in [2.75, 3.05) is 13.7 Å². The van der Waals surface area contributed by atoms with Gasteiger partial charge in [0.2, 0.25) is 0 Å². The third kappa shape index (κ3) is 3.80. The first-order chi connectivity index (χ1) is 13.5. The van der Waals surface area contributed by atoms with Crippen molar-refractivity contribution in [2.45, 2.75) is 32.9 Å². The summed E-state index contributed by atoms with van der Waals surface area (Å²) in [4.78, 5) is 12.4. The highest BCUT2D eigenvalue weighted by Crippen LogP contribution is 2.41. The van der Waals surface area contributed by atoms with Crippen LogP contribution in [0.5, 0.6) is 5.75 Å². The predicted octanol–water partition coefficient (Wildman–Crippen LogP) is 5.24. The lowest BCUT2D eigenvalue weighted by Crippen LogP contribution is -2.24. The fourth-order valence-electron chi connectivity index (χ4n) is 4.02. The number of hydrogen-bond donors (Lipinski definition) is 0. The Morgan fingerprint density at radius 3 is 2.89 bits per heavy atom. The molecule has 4 nitrogen and oxygen atoms in total. The second-order valence-electron chi connectivity index (χ2n) is 7.47. The number of rotatable bonds is 5. The summed E-state index contributed by atoms with van der Waals surface area (Å²) in [6.45, 7) is 5.93. The Balaban J connectivity index is 1.62. The molecule has 3 aromatic rings. The molecule has 0 aliphatic carbocycles. The third-order valence-electron chi connectivity index (χ3n) is 5.23. The molecule has 4 rings (SSSR count). The maximum atomic E-state index is 14.7. The zero-order chi connectivity index (χ0) is 19.7. The van der Waals surface area contributed by atoms with E-state index in [0.717, 1.165) is 35.8 Å². The highest BCUT2D eigenvalue weighted by molar-refractivity contribution is 7.14. The molecule has 0 amide bonds. The van der Waals surface area contributed by atoms with Crippen LogP contribution in [0.1, 0.15) is 35.4 Å². The minimum atomic E-state index is -0.197. The van der Waals surface area contributed by atoms with Crippen molar-refractivity contribution in [1.29, 1.82) is 0 Å². The van der Waals surface area contributed by atoms with Crippen molar-refractivity contribution in [3.8, 4) is 16.5 Å². The normalized spacial score (nSPS) is 19.9. The average molecular weight is 398 g/mol. The van der Waals surface area contributed by atoms with Gasteiger partial charge in [-0.05, 0) is 49.1 Å². The standard InChI is InChI=1S/C22H24FN3OS/c1-14-9-19(21-17(23)5-4-6-20(21)27-3)26(12-14)13-16-7-8-24-18(10-16)22-25-11-15(2)28-22/h4-8,10-11,14,19H,9,12-13H2,1-3H3. The van der Waals surface area contributed by atoms with E-state index in [0.29, 0.717) is 17.2 Å². The van der Waals surface area contributed by atoms with Crippen LogP contribution in [0.2, 0.25) is 0 Å². The van der Waals surface area contributed by atoms with E-state index in [4.69, 9.17) is 4.74 Å². The molecular weight excluding hydrogens is 373 g/mol. The molecule has 0 N–H and O–H groups in total. The molecule has 1 fully saturated rings. The quantitative estimate of drug-likeness (QED) is 0.590. The minimum absolute atomic E-state index is 0.00451. The van der Waals surface area contributed by atoms with Crippen LogP contribution in [0, 0.1) is 18.7 Å². The maximum absolute atomic E-state index is 14.7. The van der Waals surface area contributed by atoms with Crippen molar-refractivity contribution in [2.24, 2.45) is 5.92 Å². The minimum Gasteiger partial charge on any atom is -0.496 e. The van der Waals surface area contributed by atoms with Crippen LogP contribution in [0.4, 0.5) is 4.39 Å². The fourth-order valence-corrected chi connectivity index (χ4v) is 4.76. The number of nitrogens with zero attached hydrogens (tertiary/aromatic N) is 3. The Morgan fingerprint density at radius 1 is 1.29 bits per heavy atom. The van der Waals surface area contributed by atoms with Crippen molar-refractivity contribution in [1.82, 2.24) is 14.9 Å². The lowest BCUT2D eigenvalue weighted by molar-refractivity contribution is 0.235. The Kier molecular flexibility index (Phi) is 5.42. The number of methoxy groups -OCH3 is 1. The van der Waals surface area contributed by atoms with Crippen molar-refractivity contribution < 1.29 is 9.13 Å². The van der Waals surface area contributed by atoms with Gasteiger partial charge in [0, 0.05) is 42.0 Å². The number of aromatic nitrogens is 2. The van der Waals surface area contributed by atoms with E-state index in [-0.39, 0.29) is 11.9 Å². The van der Waals surface area contributed by atoms with Gasteiger partial charge in [-0.3, -0.25) is 9.88 Å². The number of aryl methyl sites for hydroxylation is 1. The van der Waals surface area contributed by atoms with Gasteiger partial charge in [-0.2, -0.15) is 0 Å². The van der Waals surface area contributed by atoms with Crippen molar-refractivity contribution in [3.63, 3.8) is 0 Å². The molecule has 2 aromatic heterocycles. The predicted molar refractivity (Wildman–Crippen MR) is 110 cm³/mol. The molecule has 146 valence electrons. The van der Waals surface area contributed by atoms with E-state index < -0.39 is 0 Å². The first kappa shape index (κ1) is 19.0. The zero-order valence-electron chi connectivity index (χ0n) is 16.4. The summed E-state index contributed by atoms with van der Waals surface area (Å²) in [5, 5.41) is 0.932. The second-order valence-corrected chi connectivity index (χ2v) is 8.70. The first-order valence-electron chi connectivity index (χ1n) is 9.49. The number of benzene rings is 1. The largest absolute Gasteiger partial charge is 0.496 e. The lowest BCUT2D eigenvalue weighted by atomic mass is 9.99. The Bertz CT molecular complexity index is 974. The van der Waals surface area contributed by atoms with Gasteiger partial charge in [0.05, 0.1) is 12.8 Å². The molecule has 6 heteroatoms. The van der Waals surface area contributed by atoms with Crippen LogP contribution in [0.15, 0.2) is 42.7 Å². The number of halogens is 1. The van der Waals surface area contributed by atoms with Gasteiger partial charge in [0.1, 0.15) is 16.6 Å². The van der Waals surface area contributed by atoms with Crippen LogP contribution in [-0.4, -0.2) is 28.5 Å². The van der Waals surface area contributed by atoms with Crippen LogP contribution >= 0.6 is 11.3 Å². The topological polar surface area (TPSA) is 38.2 Å². The van der Waals surface area contributed by atoms with Crippen LogP contribution < -0.4 is 4.74 Å². The fraction of sp³-hybridized carbons (Fsp3) is 0.364. The molecule has 28 heavy (non-hydrogen) atoms. The lowest BCUT2D eigenvalue weighted by Gasteiger charge is -2.26. The highest BCUT2D eigenvalue weighted by atomic mass is 32.1. The van der Waals surface area contributed by atoms with E-state index in [2.05, 4.69) is 27.9 Å². The molecule has 0 radical (unpaired) electrons. The van der Waals surface area contributed by atoms with Crippen LogP contribution in [-0.2, 0) is 6.54 Å². The average Bonchev–Trinajstić information content (AvgIpc) is 3.27. The first-order valence-corrected chi connectivity index (χ1v) is 10.3. The molecule has 2 atom stereocenters. The Hall–Kier alpha value is -2.31. The van der Waals surface area contributed by atoms with Crippen LogP contribution in [0.25, 0.3) is 10.7 Å². The number of likely N-dealkylation sites (tertiary alicyclic amines) is 1. The van der Waals surface area contributed by atoms with E-state index in [9.17, 15) is 4.39 Å². The summed E-state index contributed by atoms with van der Waals surface area (Å²) >= 11 is 1.64. The summed E-state index contributed by atoms with van der Waals surface area (Å²) in [5.41, 5.74) is 2.72. The molecule has 2 unspecified atom stereocenters. The highest BCUT2D eigenvalue weighted by Gasteiger charge is 2.34. The van der Waals surface area contributed by atoms with Gasteiger partial charge >= 0.3 is 0 Å². The molecule has 3 heterocycles. The smallest absolute Gasteiger partial charge is 0.142 e. The monoisotopic (exact) mass is 397 g/mol. The van der Waals surface area contributed by atoms with Gasteiger partial charge in [-0.25, -0.2) is 9.37 Å². The second kappa shape index (κ2) is 7.97.